The first-order valence-corrected chi connectivity index (χ1v) is 12.6. The van der Waals surface area contributed by atoms with Gasteiger partial charge in [-0.05, 0) is 67.1 Å². The Hall–Kier alpha value is -4.02. The molecule has 0 bridgehead atoms. The summed E-state index contributed by atoms with van der Waals surface area (Å²) < 4.78 is 43.7. The number of halogens is 5. The monoisotopic (exact) mass is 591 g/mol. The number of ether oxygens (including phenoxy) is 1. The van der Waals surface area contributed by atoms with Crippen LogP contribution in [0.25, 0.3) is 22.5 Å². The Morgan fingerprint density at radius 1 is 0.975 bits per heavy atom. The van der Waals surface area contributed by atoms with E-state index in [0.29, 0.717) is 38.1 Å². The summed E-state index contributed by atoms with van der Waals surface area (Å²) in [5.74, 6) is -1.76. The van der Waals surface area contributed by atoms with E-state index in [1.54, 1.807) is 47.1 Å². The highest BCUT2D eigenvalue weighted by molar-refractivity contribution is 6.35. The minimum Gasteiger partial charge on any atom is -0.481 e. The van der Waals surface area contributed by atoms with Gasteiger partial charge in [0.1, 0.15) is 5.75 Å². The Bertz CT molecular complexity index is 1520. The molecular formula is C28H22Cl2F3N3O4. The molecule has 4 rings (SSSR count). The lowest BCUT2D eigenvalue weighted by Crippen LogP contribution is -2.25. The number of hydrogen-bond acceptors (Lipinski definition) is 4. The van der Waals surface area contributed by atoms with E-state index < -0.39 is 18.2 Å². The number of nitrogens with one attached hydrogen (secondary N) is 1. The van der Waals surface area contributed by atoms with Crippen molar-refractivity contribution in [1.29, 1.82) is 0 Å². The fourth-order valence-corrected chi connectivity index (χ4v) is 4.66. The molecule has 7 nitrogen and oxygen atoms in total. The van der Waals surface area contributed by atoms with Crippen molar-refractivity contribution >= 4 is 35.1 Å². The van der Waals surface area contributed by atoms with Gasteiger partial charge >= 0.3 is 12.3 Å². The highest BCUT2D eigenvalue weighted by Gasteiger charge is 2.31. The van der Waals surface area contributed by atoms with Gasteiger partial charge in [0.25, 0.3) is 5.91 Å². The summed E-state index contributed by atoms with van der Waals surface area (Å²) >= 11 is 12.4. The van der Waals surface area contributed by atoms with Gasteiger partial charge in [-0.3, -0.25) is 14.3 Å². The lowest BCUT2D eigenvalue weighted by Gasteiger charge is -2.12. The fourth-order valence-electron chi connectivity index (χ4n) is 4.13. The maximum Gasteiger partial charge on any atom is 0.573 e. The number of aliphatic carboxylic acids is 1. The molecular weight excluding hydrogens is 570 g/mol. The second-order valence-electron chi connectivity index (χ2n) is 8.81. The van der Waals surface area contributed by atoms with Crippen molar-refractivity contribution < 1.29 is 32.6 Å². The number of carbonyl (C=O) groups excluding carboxylic acids is 1. The Labute approximate surface area is 237 Å². The zero-order valence-electron chi connectivity index (χ0n) is 20.9. The molecule has 1 amide bonds. The number of alkyl halides is 3. The average molecular weight is 592 g/mol. The van der Waals surface area contributed by atoms with Crippen LogP contribution in [-0.4, -0.2) is 39.7 Å². The van der Waals surface area contributed by atoms with Crippen molar-refractivity contribution in [3.8, 4) is 28.3 Å². The third kappa shape index (κ3) is 7.34. The van der Waals surface area contributed by atoms with Gasteiger partial charge < -0.3 is 15.2 Å². The number of amides is 1. The molecule has 0 radical (unpaired) electrons. The van der Waals surface area contributed by atoms with E-state index in [9.17, 15) is 22.8 Å². The van der Waals surface area contributed by atoms with Crippen molar-refractivity contribution in [1.82, 2.24) is 15.1 Å². The molecule has 40 heavy (non-hydrogen) atoms. The fraction of sp³-hybridized carbons (Fsp3) is 0.179. The summed E-state index contributed by atoms with van der Waals surface area (Å²) in [4.78, 5) is 22.9. The second kappa shape index (κ2) is 12.0. The van der Waals surface area contributed by atoms with E-state index in [4.69, 9.17) is 33.4 Å². The lowest BCUT2D eigenvalue weighted by atomic mass is 10.0. The summed E-state index contributed by atoms with van der Waals surface area (Å²) in [7, 11) is 0. The quantitative estimate of drug-likeness (QED) is 0.219. The standard InChI is InChI=1S/C28H22Cl2F3N3O4/c1-16-25(20-12-21(29)14-22(30)13-20)35-36(26(16)18-6-8-23(9-7-18)40-28(31,32)33)15-17-2-4-19(5-3-17)27(39)34-11-10-24(37)38/h2-9,12-14H,10-11,15H2,1H3,(H,34,39)(H,37,38). The minimum absolute atomic E-state index is 0.00887. The molecule has 0 aliphatic rings. The van der Waals surface area contributed by atoms with Crippen LogP contribution in [0.3, 0.4) is 0 Å². The predicted octanol–water partition coefficient (Wildman–Crippen LogP) is 6.98. The van der Waals surface area contributed by atoms with Gasteiger partial charge in [-0.25, -0.2) is 0 Å². The van der Waals surface area contributed by atoms with Gasteiger partial charge in [-0.15, -0.1) is 13.2 Å². The van der Waals surface area contributed by atoms with Crippen LogP contribution in [0.4, 0.5) is 13.2 Å². The molecule has 12 heteroatoms. The van der Waals surface area contributed by atoms with Crippen LogP contribution in [0.2, 0.25) is 10.0 Å². The third-order valence-corrected chi connectivity index (χ3v) is 6.30. The van der Waals surface area contributed by atoms with Crippen LogP contribution in [0, 0.1) is 6.92 Å². The molecule has 0 fully saturated rings. The zero-order chi connectivity index (χ0) is 29.0. The number of aromatic nitrogens is 2. The SMILES string of the molecule is Cc1c(-c2cc(Cl)cc(Cl)c2)nn(Cc2ccc(C(=O)NCCC(=O)O)cc2)c1-c1ccc(OC(F)(F)F)cc1. The first kappa shape index (κ1) is 29.0. The van der Waals surface area contributed by atoms with Crippen LogP contribution in [0.5, 0.6) is 5.75 Å². The molecule has 3 aromatic carbocycles. The maximum atomic E-state index is 12.7. The van der Waals surface area contributed by atoms with Crippen LogP contribution in [0.15, 0.2) is 66.7 Å². The van der Waals surface area contributed by atoms with Crippen molar-refractivity contribution in [3.63, 3.8) is 0 Å². The second-order valence-corrected chi connectivity index (χ2v) is 9.68. The molecule has 0 aliphatic heterocycles. The Balaban J connectivity index is 1.68. The molecule has 0 spiro atoms. The van der Waals surface area contributed by atoms with E-state index in [2.05, 4.69) is 10.1 Å². The third-order valence-electron chi connectivity index (χ3n) is 5.86. The Morgan fingerprint density at radius 2 is 1.60 bits per heavy atom. The summed E-state index contributed by atoms with van der Waals surface area (Å²) in [5.41, 5.74) is 4.41. The molecule has 208 valence electrons. The van der Waals surface area contributed by atoms with Crippen LogP contribution in [0.1, 0.15) is 27.9 Å². The van der Waals surface area contributed by atoms with Gasteiger partial charge in [-0.2, -0.15) is 5.10 Å². The number of carbonyl (C=O) groups is 2. The Kier molecular flexibility index (Phi) is 8.70. The number of carboxylic acid groups (broad SMARTS) is 1. The van der Waals surface area contributed by atoms with Gasteiger partial charge in [0.2, 0.25) is 0 Å². The van der Waals surface area contributed by atoms with Crippen molar-refractivity contribution in [2.24, 2.45) is 0 Å². The van der Waals surface area contributed by atoms with E-state index in [1.165, 1.54) is 24.3 Å². The van der Waals surface area contributed by atoms with Crippen LogP contribution in [-0.2, 0) is 11.3 Å². The number of hydrogen-bond donors (Lipinski definition) is 2. The first-order chi connectivity index (χ1) is 18.9. The summed E-state index contributed by atoms with van der Waals surface area (Å²) in [6.07, 6.45) is -4.99. The van der Waals surface area contributed by atoms with Gasteiger partial charge in [0.15, 0.2) is 0 Å². The van der Waals surface area contributed by atoms with Crippen molar-refractivity contribution in [2.75, 3.05) is 6.54 Å². The largest absolute Gasteiger partial charge is 0.573 e. The van der Waals surface area contributed by atoms with E-state index in [-0.39, 0.29) is 25.3 Å². The van der Waals surface area contributed by atoms with E-state index >= 15 is 0 Å². The number of benzene rings is 3. The van der Waals surface area contributed by atoms with Crippen LogP contribution >= 0.6 is 23.2 Å². The van der Waals surface area contributed by atoms with Gasteiger partial charge in [0.05, 0.1) is 24.4 Å². The van der Waals surface area contributed by atoms with E-state index in [1.807, 2.05) is 6.92 Å². The molecule has 0 unspecified atom stereocenters. The van der Waals surface area contributed by atoms with Gasteiger partial charge in [-0.1, -0.05) is 35.3 Å². The molecule has 0 saturated heterocycles. The zero-order valence-corrected chi connectivity index (χ0v) is 22.4. The molecule has 2 N–H and O–H groups in total. The van der Waals surface area contributed by atoms with Crippen LogP contribution < -0.4 is 10.1 Å². The minimum atomic E-state index is -4.81. The van der Waals surface area contributed by atoms with E-state index in [0.717, 1.165) is 11.1 Å². The summed E-state index contributed by atoms with van der Waals surface area (Å²) in [5, 5.41) is 16.9. The molecule has 0 aliphatic carbocycles. The summed E-state index contributed by atoms with van der Waals surface area (Å²) in [6.45, 7) is 2.12. The smallest absolute Gasteiger partial charge is 0.481 e. The first-order valence-electron chi connectivity index (χ1n) is 11.9. The molecule has 0 saturated carbocycles. The molecule has 0 atom stereocenters. The highest BCUT2D eigenvalue weighted by atomic mass is 35.5. The van der Waals surface area contributed by atoms with Crippen molar-refractivity contribution in [2.45, 2.75) is 26.3 Å². The summed E-state index contributed by atoms with van der Waals surface area (Å²) in [6, 6.07) is 17.2. The molecule has 1 heterocycles. The maximum absolute atomic E-state index is 12.7. The number of nitrogens with zero attached hydrogens (tertiary/aromatic N) is 2. The highest BCUT2D eigenvalue weighted by Crippen LogP contribution is 2.35. The Morgan fingerprint density at radius 3 is 2.17 bits per heavy atom. The molecule has 1 aromatic heterocycles. The normalized spacial score (nSPS) is 11.3. The lowest BCUT2D eigenvalue weighted by molar-refractivity contribution is -0.274. The molecule has 4 aromatic rings. The predicted molar refractivity (Wildman–Crippen MR) is 145 cm³/mol. The average Bonchev–Trinajstić information content (AvgIpc) is 3.18. The topological polar surface area (TPSA) is 93.5 Å². The van der Waals surface area contributed by atoms with Crippen molar-refractivity contribution in [3.05, 3.63) is 93.5 Å². The number of rotatable bonds is 9. The number of carboxylic acids is 1. The van der Waals surface area contributed by atoms with Gasteiger partial charge in [0, 0.05) is 38.8 Å².